The molecule has 0 aromatic carbocycles. The highest BCUT2D eigenvalue weighted by atomic mass is 32.2. The fourth-order valence-corrected chi connectivity index (χ4v) is 2.86. The van der Waals surface area contributed by atoms with Crippen molar-refractivity contribution in [3.63, 3.8) is 0 Å². The monoisotopic (exact) mass is 209 g/mol. The average molecular weight is 209 g/mol. The van der Waals surface area contributed by atoms with Crippen molar-refractivity contribution < 1.29 is 0 Å². The van der Waals surface area contributed by atoms with Crippen LogP contribution in [0.5, 0.6) is 0 Å². The minimum absolute atomic E-state index is 0.184. The first kappa shape index (κ1) is 8.31. The van der Waals surface area contributed by atoms with Crippen LogP contribution in [0.2, 0.25) is 0 Å². The molecule has 0 bridgehead atoms. The second kappa shape index (κ2) is 2.99. The molecule has 14 heavy (non-hydrogen) atoms. The quantitative estimate of drug-likeness (QED) is 0.500. The number of thioether (sulfide) groups is 1. The maximum atomic E-state index is 5.72. The molecule has 3 aliphatic rings. The number of hydrogen-bond acceptors (Lipinski definition) is 6. The van der Waals surface area contributed by atoms with Crippen molar-refractivity contribution >= 4 is 22.8 Å². The van der Waals surface area contributed by atoms with Gasteiger partial charge in [0.05, 0.1) is 18.5 Å². The normalized spacial score (nSPS) is 34.7. The highest BCUT2D eigenvalue weighted by Crippen LogP contribution is 2.35. The highest BCUT2D eigenvalue weighted by Gasteiger charge is 2.37. The Hall–Kier alpha value is -1.01. The molecule has 3 aliphatic heterocycles. The summed E-state index contributed by atoms with van der Waals surface area (Å²) in [5.41, 5.74) is 11.9. The average Bonchev–Trinajstić information content (AvgIpc) is 2.70. The lowest BCUT2D eigenvalue weighted by molar-refractivity contribution is 0.601. The SMILES string of the molecule is NC1=NC2C(=CCN=C3NNCC32)S1. The van der Waals surface area contributed by atoms with Crippen LogP contribution in [0.15, 0.2) is 21.0 Å². The number of nitrogens with one attached hydrogen (secondary N) is 2. The lowest BCUT2D eigenvalue weighted by Gasteiger charge is -2.13. The van der Waals surface area contributed by atoms with E-state index in [9.17, 15) is 0 Å². The van der Waals surface area contributed by atoms with Crippen molar-refractivity contribution in [2.75, 3.05) is 13.1 Å². The van der Waals surface area contributed by atoms with Crippen LogP contribution in [0.3, 0.4) is 0 Å². The molecule has 3 heterocycles. The van der Waals surface area contributed by atoms with Gasteiger partial charge in [-0.05, 0) is 0 Å². The standard InChI is InChI=1S/C8H11N5S/c9-8-12-6-4-3-11-13-7(4)10-2-1-5(6)14-8/h1,4,6,11H,2-3H2,(H2,9,12)(H,10,13). The molecular weight excluding hydrogens is 198 g/mol. The lowest BCUT2D eigenvalue weighted by Crippen LogP contribution is -2.29. The zero-order valence-electron chi connectivity index (χ0n) is 7.53. The number of fused-ring (bicyclic) bond motifs is 3. The summed E-state index contributed by atoms with van der Waals surface area (Å²) in [6.07, 6.45) is 2.12. The number of aliphatic imine (C=N–C) groups is 2. The van der Waals surface area contributed by atoms with Crippen LogP contribution >= 0.6 is 11.8 Å². The molecule has 0 aromatic rings. The molecule has 0 aliphatic carbocycles. The van der Waals surface area contributed by atoms with E-state index in [4.69, 9.17) is 5.73 Å². The zero-order chi connectivity index (χ0) is 9.54. The predicted octanol–water partition coefficient (Wildman–Crippen LogP) is -0.564. The molecule has 1 saturated heterocycles. The summed E-state index contributed by atoms with van der Waals surface area (Å²) in [4.78, 5) is 10.1. The van der Waals surface area contributed by atoms with E-state index in [1.807, 2.05) is 0 Å². The fraction of sp³-hybridized carbons (Fsp3) is 0.500. The molecule has 0 radical (unpaired) electrons. The molecule has 6 heteroatoms. The van der Waals surface area contributed by atoms with Gasteiger partial charge >= 0.3 is 0 Å². The molecule has 0 aromatic heterocycles. The first-order valence-electron chi connectivity index (χ1n) is 4.59. The molecule has 4 N–H and O–H groups in total. The van der Waals surface area contributed by atoms with Gasteiger partial charge in [0.2, 0.25) is 0 Å². The van der Waals surface area contributed by atoms with E-state index >= 15 is 0 Å². The van der Waals surface area contributed by atoms with E-state index in [1.54, 1.807) is 11.8 Å². The van der Waals surface area contributed by atoms with Crippen LogP contribution in [-0.4, -0.2) is 30.1 Å². The van der Waals surface area contributed by atoms with Gasteiger partial charge in [-0.15, -0.1) is 0 Å². The zero-order valence-corrected chi connectivity index (χ0v) is 8.34. The molecule has 0 amide bonds. The van der Waals surface area contributed by atoms with Crippen LogP contribution in [0.4, 0.5) is 0 Å². The van der Waals surface area contributed by atoms with Crippen LogP contribution in [0, 0.1) is 5.92 Å². The van der Waals surface area contributed by atoms with Gasteiger partial charge in [-0.1, -0.05) is 17.8 Å². The molecular formula is C8H11N5S. The number of nitrogens with zero attached hydrogens (tertiary/aromatic N) is 2. The summed E-state index contributed by atoms with van der Waals surface area (Å²) < 4.78 is 0. The van der Waals surface area contributed by atoms with E-state index < -0.39 is 0 Å². The molecule has 74 valence electrons. The third-order valence-electron chi connectivity index (χ3n) is 2.61. The van der Waals surface area contributed by atoms with Crippen molar-refractivity contribution in [3.05, 3.63) is 11.0 Å². The Morgan fingerprint density at radius 1 is 1.57 bits per heavy atom. The summed E-state index contributed by atoms with van der Waals surface area (Å²) in [6.45, 7) is 1.60. The topological polar surface area (TPSA) is 74.8 Å². The van der Waals surface area contributed by atoms with Gasteiger partial charge in [-0.25, -0.2) is 5.43 Å². The maximum absolute atomic E-state index is 5.72. The molecule has 2 unspecified atom stereocenters. The van der Waals surface area contributed by atoms with Crippen molar-refractivity contribution in [3.8, 4) is 0 Å². The molecule has 1 fully saturated rings. The highest BCUT2D eigenvalue weighted by molar-refractivity contribution is 8.17. The molecule has 0 saturated carbocycles. The molecule has 2 atom stereocenters. The second-order valence-electron chi connectivity index (χ2n) is 3.46. The van der Waals surface area contributed by atoms with Crippen LogP contribution in [-0.2, 0) is 0 Å². The van der Waals surface area contributed by atoms with Crippen LogP contribution < -0.4 is 16.6 Å². The summed E-state index contributed by atoms with van der Waals surface area (Å²) in [6, 6.07) is 0.184. The summed E-state index contributed by atoms with van der Waals surface area (Å²) in [7, 11) is 0. The number of hydrogen-bond donors (Lipinski definition) is 3. The molecule has 0 spiro atoms. The van der Waals surface area contributed by atoms with Gasteiger partial charge in [-0.2, -0.15) is 0 Å². The minimum Gasteiger partial charge on any atom is -0.378 e. The Morgan fingerprint density at radius 2 is 2.50 bits per heavy atom. The second-order valence-corrected chi connectivity index (χ2v) is 4.55. The van der Waals surface area contributed by atoms with Gasteiger partial charge in [-0.3, -0.25) is 9.98 Å². The Morgan fingerprint density at radius 3 is 3.43 bits per heavy atom. The Labute approximate surface area is 85.9 Å². The fourth-order valence-electron chi connectivity index (χ4n) is 1.95. The summed E-state index contributed by atoms with van der Waals surface area (Å²) in [5.74, 6) is 1.34. The Balaban J connectivity index is 1.99. The smallest absolute Gasteiger partial charge is 0.159 e. The van der Waals surface area contributed by atoms with Gasteiger partial charge in [0.1, 0.15) is 5.84 Å². The van der Waals surface area contributed by atoms with Gasteiger partial charge < -0.3 is 11.2 Å². The minimum atomic E-state index is 0.184. The molecule has 5 nitrogen and oxygen atoms in total. The van der Waals surface area contributed by atoms with E-state index in [0.717, 1.165) is 18.9 Å². The van der Waals surface area contributed by atoms with Crippen molar-refractivity contribution in [2.24, 2.45) is 21.6 Å². The van der Waals surface area contributed by atoms with E-state index in [0.29, 0.717) is 11.1 Å². The number of rotatable bonds is 0. The first-order valence-corrected chi connectivity index (χ1v) is 5.40. The lowest BCUT2D eigenvalue weighted by atomic mass is 10.0. The Kier molecular flexibility index (Phi) is 1.78. The third-order valence-corrected chi connectivity index (χ3v) is 3.56. The van der Waals surface area contributed by atoms with E-state index in [1.165, 1.54) is 4.91 Å². The number of amidine groups is 2. The van der Waals surface area contributed by atoms with Gasteiger partial charge in [0.25, 0.3) is 0 Å². The third kappa shape index (κ3) is 1.14. The number of nitrogens with two attached hydrogens (primary N) is 1. The number of hydrazine groups is 1. The van der Waals surface area contributed by atoms with Crippen molar-refractivity contribution in [2.45, 2.75) is 6.04 Å². The van der Waals surface area contributed by atoms with Crippen molar-refractivity contribution in [1.29, 1.82) is 0 Å². The first-order chi connectivity index (χ1) is 6.84. The van der Waals surface area contributed by atoms with Crippen LogP contribution in [0.1, 0.15) is 0 Å². The van der Waals surface area contributed by atoms with Gasteiger partial charge in [0, 0.05) is 11.4 Å². The van der Waals surface area contributed by atoms with Crippen molar-refractivity contribution in [1.82, 2.24) is 10.9 Å². The largest absolute Gasteiger partial charge is 0.378 e. The Bertz CT molecular complexity index is 359. The van der Waals surface area contributed by atoms with E-state index in [2.05, 4.69) is 26.9 Å². The van der Waals surface area contributed by atoms with Crippen LogP contribution in [0.25, 0.3) is 0 Å². The maximum Gasteiger partial charge on any atom is 0.159 e. The van der Waals surface area contributed by atoms with E-state index in [-0.39, 0.29) is 6.04 Å². The predicted molar refractivity (Wildman–Crippen MR) is 58.0 cm³/mol. The van der Waals surface area contributed by atoms with Gasteiger partial charge in [0.15, 0.2) is 5.17 Å². The summed E-state index contributed by atoms with van der Waals surface area (Å²) >= 11 is 1.57. The summed E-state index contributed by atoms with van der Waals surface area (Å²) in [5, 5.41) is 0.675. The molecule has 3 rings (SSSR count).